The van der Waals surface area contributed by atoms with Crippen LogP contribution in [0.1, 0.15) is 19.5 Å². The van der Waals surface area contributed by atoms with E-state index in [-0.39, 0.29) is 5.56 Å². The normalized spacial score (nSPS) is 10.7. The van der Waals surface area contributed by atoms with Gasteiger partial charge in [-0.1, -0.05) is 11.6 Å². The maximum atomic E-state index is 12.3. The minimum atomic E-state index is -0.178. The van der Waals surface area contributed by atoms with Crippen molar-refractivity contribution in [3.8, 4) is 11.5 Å². The number of aromatic nitrogens is 2. The van der Waals surface area contributed by atoms with Crippen molar-refractivity contribution in [2.24, 2.45) is 0 Å². The Kier molecular flexibility index (Phi) is 5.63. The smallest absolute Gasteiger partial charge is 0.258 e. The molecule has 3 aromatic rings. The molecule has 0 aliphatic rings. The zero-order valence-corrected chi connectivity index (χ0v) is 15.4. The van der Waals surface area contributed by atoms with Crippen molar-refractivity contribution in [2.75, 3.05) is 18.5 Å². The van der Waals surface area contributed by atoms with Crippen LogP contribution in [-0.4, -0.2) is 22.6 Å². The first-order valence-corrected chi connectivity index (χ1v) is 8.80. The third-order valence-electron chi connectivity index (χ3n) is 3.70. The van der Waals surface area contributed by atoms with Crippen LogP contribution in [0.15, 0.2) is 47.4 Å². The maximum Gasteiger partial charge on any atom is 0.258 e. The summed E-state index contributed by atoms with van der Waals surface area (Å²) >= 11 is 5.93. The van der Waals surface area contributed by atoms with Gasteiger partial charge < -0.3 is 14.8 Å². The number of hydrogen-bond donors (Lipinski definition) is 1. The second kappa shape index (κ2) is 8.10. The Balaban J connectivity index is 1.86. The van der Waals surface area contributed by atoms with E-state index in [1.165, 1.54) is 10.5 Å². The van der Waals surface area contributed by atoms with Crippen molar-refractivity contribution in [3.63, 3.8) is 0 Å². The number of anilines is 1. The van der Waals surface area contributed by atoms with Crippen LogP contribution in [0.25, 0.3) is 5.65 Å². The molecule has 1 N–H and O–H groups in total. The van der Waals surface area contributed by atoms with Crippen LogP contribution in [0.2, 0.25) is 5.02 Å². The van der Waals surface area contributed by atoms with E-state index in [1.807, 2.05) is 32.0 Å². The Morgan fingerprint density at radius 3 is 2.69 bits per heavy atom. The van der Waals surface area contributed by atoms with Gasteiger partial charge in [0.25, 0.3) is 5.56 Å². The predicted octanol–water partition coefficient (Wildman–Crippen LogP) is 3.76. The highest BCUT2D eigenvalue weighted by Gasteiger charge is 2.08. The highest BCUT2D eigenvalue weighted by Crippen LogP contribution is 2.29. The highest BCUT2D eigenvalue weighted by molar-refractivity contribution is 6.30. The third-order valence-corrected chi connectivity index (χ3v) is 3.92. The Bertz CT molecular complexity index is 972. The van der Waals surface area contributed by atoms with Gasteiger partial charge in [0.1, 0.15) is 17.1 Å². The van der Waals surface area contributed by atoms with Crippen molar-refractivity contribution in [2.45, 2.75) is 20.4 Å². The lowest BCUT2D eigenvalue weighted by Gasteiger charge is -2.14. The van der Waals surface area contributed by atoms with Gasteiger partial charge in [-0.2, -0.15) is 0 Å². The summed E-state index contributed by atoms with van der Waals surface area (Å²) in [6, 6.07) is 10.5. The molecule has 0 aliphatic carbocycles. The van der Waals surface area contributed by atoms with Gasteiger partial charge in [-0.15, -0.1) is 0 Å². The number of hydrogen-bond acceptors (Lipinski definition) is 5. The van der Waals surface area contributed by atoms with Crippen LogP contribution in [0.3, 0.4) is 0 Å². The average molecular weight is 374 g/mol. The van der Waals surface area contributed by atoms with Gasteiger partial charge in [-0.3, -0.25) is 9.20 Å². The summed E-state index contributed by atoms with van der Waals surface area (Å²) < 4.78 is 12.6. The van der Waals surface area contributed by atoms with E-state index in [2.05, 4.69) is 10.3 Å². The summed E-state index contributed by atoms with van der Waals surface area (Å²) in [5.74, 6) is 1.47. The van der Waals surface area contributed by atoms with Crippen molar-refractivity contribution < 1.29 is 9.47 Å². The van der Waals surface area contributed by atoms with Gasteiger partial charge in [-0.25, -0.2) is 4.98 Å². The standard InChI is InChI=1S/C19H20ClN3O3/c1-3-25-15-6-7-17(26-4-2)16(10-15)21-11-14-9-19(24)23-12-13(20)5-8-18(23)22-14/h5-10,12,21H,3-4,11H2,1-2H3. The molecule has 0 saturated heterocycles. The van der Waals surface area contributed by atoms with Crippen molar-refractivity contribution in [1.29, 1.82) is 0 Å². The van der Waals surface area contributed by atoms with Crippen molar-refractivity contribution in [1.82, 2.24) is 9.38 Å². The first-order valence-electron chi connectivity index (χ1n) is 8.42. The molecule has 26 heavy (non-hydrogen) atoms. The molecule has 2 aromatic heterocycles. The van der Waals surface area contributed by atoms with E-state index < -0.39 is 0 Å². The number of benzene rings is 1. The van der Waals surface area contributed by atoms with Crippen LogP contribution < -0.4 is 20.3 Å². The van der Waals surface area contributed by atoms with E-state index in [4.69, 9.17) is 21.1 Å². The molecule has 2 heterocycles. The fraction of sp³-hybridized carbons (Fsp3) is 0.263. The molecule has 3 rings (SSSR count). The number of ether oxygens (including phenoxy) is 2. The molecule has 0 spiro atoms. The second-order valence-electron chi connectivity index (χ2n) is 5.54. The summed E-state index contributed by atoms with van der Waals surface area (Å²) in [6.45, 7) is 5.38. The number of rotatable bonds is 7. The first kappa shape index (κ1) is 18.1. The fourth-order valence-electron chi connectivity index (χ4n) is 2.59. The van der Waals surface area contributed by atoms with Gasteiger partial charge in [0.05, 0.1) is 36.2 Å². The molecule has 0 radical (unpaired) electrons. The predicted molar refractivity (Wildman–Crippen MR) is 103 cm³/mol. The Morgan fingerprint density at radius 1 is 1.12 bits per heavy atom. The number of pyridine rings is 1. The van der Waals surface area contributed by atoms with E-state index in [0.717, 1.165) is 17.2 Å². The highest BCUT2D eigenvalue weighted by atomic mass is 35.5. The van der Waals surface area contributed by atoms with Crippen LogP contribution >= 0.6 is 11.6 Å². The lowest BCUT2D eigenvalue weighted by molar-refractivity contribution is 0.332. The zero-order valence-electron chi connectivity index (χ0n) is 14.7. The molecule has 0 aliphatic heterocycles. The molecular formula is C19H20ClN3O3. The summed E-state index contributed by atoms with van der Waals surface area (Å²) in [4.78, 5) is 16.8. The molecule has 0 unspecified atom stereocenters. The maximum absolute atomic E-state index is 12.3. The second-order valence-corrected chi connectivity index (χ2v) is 5.98. The van der Waals surface area contributed by atoms with Crippen LogP contribution in [0.4, 0.5) is 5.69 Å². The molecular weight excluding hydrogens is 354 g/mol. The first-order chi connectivity index (χ1) is 12.6. The molecule has 0 saturated carbocycles. The number of nitrogens with zero attached hydrogens (tertiary/aromatic N) is 2. The zero-order chi connectivity index (χ0) is 18.5. The topological polar surface area (TPSA) is 64.9 Å². The number of nitrogens with one attached hydrogen (secondary N) is 1. The molecule has 6 nitrogen and oxygen atoms in total. The lowest BCUT2D eigenvalue weighted by atomic mass is 10.2. The van der Waals surface area contributed by atoms with E-state index >= 15 is 0 Å². The van der Waals surface area contributed by atoms with Crippen LogP contribution in [0, 0.1) is 0 Å². The Morgan fingerprint density at radius 2 is 1.92 bits per heavy atom. The van der Waals surface area contributed by atoms with E-state index in [1.54, 1.807) is 18.3 Å². The molecule has 0 atom stereocenters. The summed E-state index contributed by atoms with van der Waals surface area (Å²) in [6.07, 6.45) is 1.56. The molecule has 1 aromatic carbocycles. The monoisotopic (exact) mass is 373 g/mol. The third kappa shape index (κ3) is 4.08. The van der Waals surface area contributed by atoms with Gasteiger partial charge >= 0.3 is 0 Å². The summed E-state index contributed by atoms with van der Waals surface area (Å²) in [5.41, 5.74) is 1.78. The lowest BCUT2D eigenvalue weighted by Crippen LogP contribution is -2.16. The van der Waals surface area contributed by atoms with Gasteiger partial charge in [0, 0.05) is 18.3 Å². The minimum Gasteiger partial charge on any atom is -0.494 e. The number of halogens is 1. The van der Waals surface area contributed by atoms with Gasteiger partial charge in [-0.05, 0) is 38.1 Å². The molecule has 136 valence electrons. The molecule has 0 bridgehead atoms. The minimum absolute atomic E-state index is 0.178. The summed E-state index contributed by atoms with van der Waals surface area (Å²) in [5, 5.41) is 3.76. The molecule has 0 amide bonds. The largest absolute Gasteiger partial charge is 0.494 e. The quantitative estimate of drug-likeness (QED) is 0.683. The summed E-state index contributed by atoms with van der Waals surface area (Å²) in [7, 11) is 0. The SMILES string of the molecule is CCOc1ccc(OCC)c(NCc2cc(=O)n3cc(Cl)ccc3n2)c1. The Hall–Kier alpha value is -2.73. The van der Waals surface area contributed by atoms with Crippen LogP contribution in [-0.2, 0) is 6.54 Å². The molecule has 0 fully saturated rings. The van der Waals surface area contributed by atoms with E-state index in [0.29, 0.717) is 36.1 Å². The molecule has 7 heteroatoms. The number of fused-ring (bicyclic) bond motifs is 1. The Labute approximate surface area is 156 Å². The average Bonchev–Trinajstić information content (AvgIpc) is 2.63. The van der Waals surface area contributed by atoms with Crippen LogP contribution in [0.5, 0.6) is 11.5 Å². The fourth-order valence-corrected chi connectivity index (χ4v) is 2.75. The van der Waals surface area contributed by atoms with Gasteiger partial charge in [0.2, 0.25) is 0 Å². The van der Waals surface area contributed by atoms with Gasteiger partial charge in [0.15, 0.2) is 0 Å². The van der Waals surface area contributed by atoms with E-state index in [9.17, 15) is 4.79 Å². The van der Waals surface area contributed by atoms with Crippen molar-refractivity contribution in [3.05, 3.63) is 63.7 Å². The van der Waals surface area contributed by atoms with Crippen molar-refractivity contribution >= 4 is 22.9 Å².